The van der Waals surface area contributed by atoms with Gasteiger partial charge in [0.1, 0.15) is 5.78 Å². The van der Waals surface area contributed by atoms with Crippen LogP contribution in [0.3, 0.4) is 0 Å². The summed E-state index contributed by atoms with van der Waals surface area (Å²) in [5, 5.41) is 0. The zero-order valence-electron chi connectivity index (χ0n) is 9.87. The molecule has 0 amide bonds. The van der Waals surface area contributed by atoms with E-state index in [1.807, 2.05) is 0 Å². The summed E-state index contributed by atoms with van der Waals surface area (Å²) in [7, 11) is 1.63. The number of methoxy groups -OCH3 is 1. The first kappa shape index (κ1) is 12.0. The Kier molecular flexibility index (Phi) is 3.95. The molecule has 0 saturated carbocycles. The second-order valence-electron chi connectivity index (χ2n) is 4.73. The highest BCUT2D eigenvalue weighted by atomic mass is 16.6. The quantitative estimate of drug-likeness (QED) is 0.724. The van der Waals surface area contributed by atoms with Crippen LogP contribution in [-0.4, -0.2) is 44.9 Å². The Morgan fingerprint density at radius 3 is 3.06 bits per heavy atom. The zero-order chi connectivity index (χ0) is 11.4. The fourth-order valence-corrected chi connectivity index (χ4v) is 2.57. The van der Waals surface area contributed by atoms with Crippen molar-refractivity contribution in [1.29, 1.82) is 0 Å². The van der Waals surface area contributed by atoms with Gasteiger partial charge in [0.05, 0.1) is 18.8 Å². The molecule has 2 heterocycles. The normalized spacial score (nSPS) is 34.4. The van der Waals surface area contributed by atoms with Crippen molar-refractivity contribution < 1.29 is 19.0 Å². The summed E-state index contributed by atoms with van der Waals surface area (Å²) in [5.41, 5.74) is -0.161. The second kappa shape index (κ2) is 5.25. The molecule has 0 bridgehead atoms. The van der Waals surface area contributed by atoms with Crippen LogP contribution in [0.15, 0.2) is 0 Å². The molecule has 0 radical (unpaired) electrons. The van der Waals surface area contributed by atoms with E-state index in [0.717, 1.165) is 25.9 Å². The maximum atomic E-state index is 11.9. The molecule has 2 unspecified atom stereocenters. The maximum Gasteiger partial charge on any atom is 0.138 e. The minimum atomic E-state index is -0.161. The molecule has 2 saturated heterocycles. The molecular formula is C12H20O4. The van der Waals surface area contributed by atoms with Gasteiger partial charge in [0.15, 0.2) is 0 Å². The van der Waals surface area contributed by atoms with Crippen molar-refractivity contribution in [3.05, 3.63) is 0 Å². The average Bonchev–Trinajstić information content (AvgIpc) is 2.74. The first-order valence-electron chi connectivity index (χ1n) is 5.99. The number of carbonyl (C=O) groups is 1. The summed E-state index contributed by atoms with van der Waals surface area (Å²) in [5.74, 6) is 0.460. The van der Waals surface area contributed by atoms with Crippen LogP contribution in [0, 0.1) is 5.92 Å². The third kappa shape index (κ3) is 2.62. The Bertz CT molecular complexity index is 245. The zero-order valence-corrected chi connectivity index (χ0v) is 9.87. The summed E-state index contributed by atoms with van der Waals surface area (Å²) < 4.78 is 16.1. The number of carbonyl (C=O) groups excluding carboxylic acids is 1. The van der Waals surface area contributed by atoms with Crippen molar-refractivity contribution in [3.8, 4) is 0 Å². The lowest BCUT2D eigenvalue weighted by molar-refractivity contribution is -0.137. The van der Waals surface area contributed by atoms with Crippen molar-refractivity contribution >= 4 is 5.78 Å². The molecule has 4 nitrogen and oxygen atoms in total. The Labute approximate surface area is 96.2 Å². The third-order valence-corrected chi connectivity index (χ3v) is 3.57. The smallest absolute Gasteiger partial charge is 0.138 e. The molecule has 2 aliphatic heterocycles. The summed E-state index contributed by atoms with van der Waals surface area (Å²) in [4.78, 5) is 11.9. The van der Waals surface area contributed by atoms with E-state index in [0.29, 0.717) is 32.0 Å². The lowest BCUT2D eigenvalue weighted by Gasteiger charge is -2.36. The summed E-state index contributed by atoms with van der Waals surface area (Å²) >= 11 is 0. The van der Waals surface area contributed by atoms with Gasteiger partial charge >= 0.3 is 0 Å². The molecular weight excluding hydrogens is 208 g/mol. The Balaban J connectivity index is 1.88. The molecule has 4 heteroatoms. The van der Waals surface area contributed by atoms with E-state index in [2.05, 4.69) is 0 Å². The third-order valence-electron chi connectivity index (χ3n) is 3.57. The van der Waals surface area contributed by atoms with Gasteiger partial charge in [0.2, 0.25) is 0 Å². The number of hydrogen-bond acceptors (Lipinski definition) is 4. The molecule has 92 valence electrons. The average molecular weight is 228 g/mol. The van der Waals surface area contributed by atoms with Gasteiger partial charge in [-0.15, -0.1) is 0 Å². The van der Waals surface area contributed by atoms with Crippen LogP contribution in [0.1, 0.15) is 25.7 Å². The van der Waals surface area contributed by atoms with E-state index in [1.54, 1.807) is 7.11 Å². The fraction of sp³-hybridized carbons (Fsp3) is 0.917. The van der Waals surface area contributed by atoms with Crippen LogP contribution >= 0.6 is 0 Å². The molecule has 1 spiro atoms. The lowest BCUT2D eigenvalue weighted by Crippen LogP contribution is -2.42. The maximum absolute atomic E-state index is 11.9. The minimum absolute atomic E-state index is 0.144. The van der Waals surface area contributed by atoms with Crippen LogP contribution in [-0.2, 0) is 19.0 Å². The molecule has 2 atom stereocenters. The highest BCUT2D eigenvalue weighted by Gasteiger charge is 2.42. The monoisotopic (exact) mass is 228 g/mol. The summed E-state index contributed by atoms with van der Waals surface area (Å²) in [6.07, 6.45) is 3.14. The summed E-state index contributed by atoms with van der Waals surface area (Å²) in [6, 6.07) is 0. The van der Waals surface area contributed by atoms with Crippen LogP contribution in [0.25, 0.3) is 0 Å². The number of hydrogen-bond donors (Lipinski definition) is 0. The standard InChI is InChI=1S/C12H20O4/c1-14-5-3-11(13)10-2-6-16-12(8-10)4-7-15-9-12/h10H,2-9H2,1H3. The largest absolute Gasteiger partial charge is 0.384 e. The molecule has 0 N–H and O–H groups in total. The molecule has 2 aliphatic rings. The van der Waals surface area contributed by atoms with E-state index in [9.17, 15) is 4.79 Å². The van der Waals surface area contributed by atoms with Gasteiger partial charge in [-0.3, -0.25) is 4.79 Å². The first-order valence-corrected chi connectivity index (χ1v) is 5.99. The van der Waals surface area contributed by atoms with Crippen molar-refractivity contribution in [2.24, 2.45) is 5.92 Å². The van der Waals surface area contributed by atoms with Crippen molar-refractivity contribution in [2.45, 2.75) is 31.3 Å². The lowest BCUT2D eigenvalue weighted by atomic mass is 9.82. The van der Waals surface area contributed by atoms with E-state index in [4.69, 9.17) is 14.2 Å². The van der Waals surface area contributed by atoms with Crippen LogP contribution in [0.4, 0.5) is 0 Å². The van der Waals surface area contributed by atoms with Gasteiger partial charge < -0.3 is 14.2 Å². The van der Waals surface area contributed by atoms with Crippen LogP contribution in [0.5, 0.6) is 0 Å². The van der Waals surface area contributed by atoms with Gasteiger partial charge in [-0.1, -0.05) is 0 Å². The predicted molar refractivity (Wildman–Crippen MR) is 58.3 cm³/mol. The van der Waals surface area contributed by atoms with E-state index in [1.165, 1.54) is 0 Å². The van der Waals surface area contributed by atoms with Crippen molar-refractivity contribution in [2.75, 3.05) is 33.5 Å². The number of Topliss-reactive ketones (excluding diaryl/α,β-unsaturated/α-hetero) is 1. The van der Waals surface area contributed by atoms with Gasteiger partial charge in [-0.05, 0) is 12.8 Å². The SMILES string of the molecule is COCCC(=O)C1CCOC2(CCOC2)C1. The summed E-state index contributed by atoms with van der Waals surface area (Å²) in [6.45, 7) is 2.63. The molecule has 16 heavy (non-hydrogen) atoms. The molecule has 2 fully saturated rings. The van der Waals surface area contributed by atoms with Gasteiger partial charge in [-0.2, -0.15) is 0 Å². The van der Waals surface area contributed by atoms with E-state index >= 15 is 0 Å². The van der Waals surface area contributed by atoms with Crippen LogP contribution in [0.2, 0.25) is 0 Å². The van der Waals surface area contributed by atoms with Crippen LogP contribution < -0.4 is 0 Å². The molecule has 0 aromatic carbocycles. The number of rotatable bonds is 4. The van der Waals surface area contributed by atoms with Crippen molar-refractivity contribution in [1.82, 2.24) is 0 Å². The minimum Gasteiger partial charge on any atom is -0.384 e. The molecule has 2 rings (SSSR count). The van der Waals surface area contributed by atoms with Gasteiger partial charge in [0.25, 0.3) is 0 Å². The Hall–Kier alpha value is -0.450. The predicted octanol–water partition coefficient (Wildman–Crippen LogP) is 1.18. The van der Waals surface area contributed by atoms with Gasteiger partial charge in [0, 0.05) is 39.1 Å². The van der Waals surface area contributed by atoms with E-state index < -0.39 is 0 Å². The molecule has 0 aromatic rings. The topological polar surface area (TPSA) is 44.8 Å². The van der Waals surface area contributed by atoms with Crippen molar-refractivity contribution in [3.63, 3.8) is 0 Å². The Morgan fingerprint density at radius 1 is 1.50 bits per heavy atom. The first-order chi connectivity index (χ1) is 7.76. The highest BCUT2D eigenvalue weighted by Crippen LogP contribution is 2.36. The Morgan fingerprint density at radius 2 is 2.38 bits per heavy atom. The van der Waals surface area contributed by atoms with Gasteiger partial charge in [-0.25, -0.2) is 0 Å². The number of ketones is 1. The fourth-order valence-electron chi connectivity index (χ4n) is 2.57. The molecule has 0 aliphatic carbocycles. The number of ether oxygens (including phenoxy) is 3. The van der Waals surface area contributed by atoms with E-state index in [-0.39, 0.29) is 11.5 Å². The highest BCUT2D eigenvalue weighted by molar-refractivity contribution is 5.81. The second-order valence-corrected chi connectivity index (χ2v) is 4.73. The molecule has 0 aromatic heterocycles.